The maximum Gasteiger partial charge on any atom is 0.0434 e. The molecule has 0 rings (SSSR count). The summed E-state index contributed by atoms with van der Waals surface area (Å²) in [4.78, 5) is 0. The second kappa shape index (κ2) is 50.5. The predicted molar refractivity (Wildman–Crippen MR) is 177 cm³/mol. The number of nitrogens with two attached hydrogens (primary N) is 4. The van der Waals surface area contributed by atoms with Crippen LogP contribution >= 0.6 is 86.4 Å². The minimum absolute atomic E-state index is 0.00109. The van der Waals surface area contributed by atoms with Gasteiger partial charge in [-0.05, 0) is 25.6 Å². The quantitative estimate of drug-likeness (QED) is 0.106. The topological polar surface area (TPSA) is 104 Å². The molecule has 0 aromatic rings. The lowest BCUT2D eigenvalue weighted by Gasteiger charge is -1.93. The Hall–Kier alpha value is 2.64. The van der Waals surface area contributed by atoms with E-state index in [1.54, 1.807) is 20.8 Å². The Balaban J connectivity index is -0.000000263. The maximum atomic E-state index is 7.33. The second-order valence-corrected chi connectivity index (χ2v) is 12.4. The molecule has 0 aliphatic carbocycles. The normalized spacial score (nSPS) is 25.3. The number of rotatable bonds is 20. The molecule has 8 N–H and O–H groups in total. The standard InChI is InChI=1S/4C5H13NS2/c4*1-2-4-7-8-5-3-6/h4*2-6H2,1H3/i2D,3D,4D,5D2;2D,4D,5D2;4D,5D2;2D,5D2. The molecule has 0 saturated carbocycles. The van der Waals surface area contributed by atoms with Gasteiger partial charge < -0.3 is 22.9 Å². The molecule has 0 amide bonds. The van der Waals surface area contributed by atoms with Crippen LogP contribution in [0.5, 0.6) is 0 Å². The summed E-state index contributed by atoms with van der Waals surface area (Å²) < 4.78 is 108. The van der Waals surface area contributed by atoms with E-state index in [4.69, 9.17) is 43.5 Å². The van der Waals surface area contributed by atoms with Gasteiger partial charge in [0.2, 0.25) is 0 Å². The first-order valence-electron chi connectivity index (χ1n) is 17.4. The molecule has 12 heteroatoms. The average molecular weight is 620 g/mol. The van der Waals surface area contributed by atoms with E-state index < -0.39 is 53.6 Å². The van der Waals surface area contributed by atoms with Crippen molar-refractivity contribution in [2.75, 3.05) is 71.9 Å². The minimum Gasteiger partial charge on any atom is -0.330 e. The lowest BCUT2D eigenvalue weighted by Crippen LogP contribution is -1.99. The van der Waals surface area contributed by atoms with Crippen LogP contribution in [0.15, 0.2) is 0 Å². The van der Waals surface area contributed by atoms with E-state index in [1.807, 2.05) is 6.92 Å². The van der Waals surface area contributed by atoms with E-state index in [-0.39, 0.29) is 31.8 Å². The molecule has 0 aromatic carbocycles. The van der Waals surface area contributed by atoms with Gasteiger partial charge in [0.1, 0.15) is 0 Å². The molecule has 0 fully saturated rings. The van der Waals surface area contributed by atoms with Gasteiger partial charge in [0.15, 0.2) is 0 Å². The summed E-state index contributed by atoms with van der Waals surface area (Å²) in [5, 5.41) is 0. The van der Waals surface area contributed by atoms with E-state index in [0.29, 0.717) is 5.75 Å². The molecule has 0 aliphatic rings. The Morgan fingerprint density at radius 3 is 1.25 bits per heavy atom. The van der Waals surface area contributed by atoms with Gasteiger partial charge in [-0.2, -0.15) is 0 Å². The Kier molecular flexibility index (Phi) is 29.7. The van der Waals surface area contributed by atoms with Crippen LogP contribution in [0.2, 0.25) is 0 Å². The largest absolute Gasteiger partial charge is 0.330 e. The molecular weight excluding hydrogens is 553 g/mol. The second-order valence-electron chi connectivity index (χ2n) is 4.16. The molecule has 0 aliphatic heterocycles. The van der Waals surface area contributed by atoms with E-state index in [2.05, 4.69) is 0 Å². The van der Waals surface area contributed by atoms with Crippen LogP contribution in [-0.4, -0.2) is 71.9 Å². The Morgan fingerprint density at radius 2 is 0.906 bits per heavy atom. The van der Waals surface area contributed by atoms with Gasteiger partial charge in [0, 0.05) is 92.5 Å². The third-order valence-electron chi connectivity index (χ3n) is 1.60. The van der Waals surface area contributed by atoms with Crippen molar-refractivity contribution in [1.82, 2.24) is 0 Å². The number of hydrogen-bond acceptors (Lipinski definition) is 12. The Morgan fingerprint density at radius 1 is 0.500 bits per heavy atom. The smallest absolute Gasteiger partial charge is 0.0434 e. The summed E-state index contributed by atoms with van der Waals surface area (Å²) in [5.74, 6) is 0.643. The van der Waals surface area contributed by atoms with E-state index in [9.17, 15) is 0 Å². The molecule has 0 aromatic heterocycles. The van der Waals surface area contributed by atoms with Crippen molar-refractivity contribution in [3.63, 3.8) is 0 Å². The van der Waals surface area contributed by atoms with Crippen molar-refractivity contribution in [2.45, 2.75) is 53.3 Å². The highest BCUT2D eigenvalue weighted by molar-refractivity contribution is 8.77. The zero-order valence-corrected chi connectivity index (χ0v) is 25.7. The summed E-state index contributed by atoms with van der Waals surface area (Å²) in [7, 11) is 8.45. The summed E-state index contributed by atoms with van der Waals surface area (Å²) in [5.41, 5.74) is 12.9. The summed E-state index contributed by atoms with van der Waals surface area (Å²) >= 11 is 0. The van der Waals surface area contributed by atoms with Gasteiger partial charge in [-0.3, -0.25) is 0 Å². The summed E-state index contributed by atoms with van der Waals surface area (Å²) in [6, 6.07) is 0. The fourth-order valence-corrected chi connectivity index (χ4v) is 5.74. The average Bonchev–Trinajstić information content (AvgIpc) is 2.97. The van der Waals surface area contributed by atoms with Gasteiger partial charge in [-0.1, -0.05) is 114 Å². The van der Waals surface area contributed by atoms with Gasteiger partial charge in [-0.15, -0.1) is 0 Å². The first kappa shape index (κ1) is 18.8. The zero-order valence-electron chi connectivity index (χ0n) is 34.2. The summed E-state index contributed by atoms with van der Waals surface area (Å²) in [6.45, 7) is 5.51. The molecule has 0 heterocycles. The highest BCUT2D eigenvalue weighted by Gasteiger charge is 1.86. The minimum atomic E-state index is -1.86. The maximum absolute atomic E-state index is 7.33. The fourth-order valence-electron chi connectivity index (χ4n) is 0.638. The van der Waals surface area contributed by atoms with Crippen molar-refractivity contribution in [2.24, 2.45) is 22.9 Å². The SMILES string of the molecule is [2H]C(C)C([2H])SSC([2H])([2H])C([2H])N.[2H]C(C)C([2H])SSC([2H])([2H])CN.[2H]C(C)CSSC([2H])([2H])CN.[2H]C(CC)SSC([2H])([2H])CN. The molecule has 0 radical (unpaired) electrons. The predicted octanol–water partition coefficient (Wildman–Crippen LogP) is 6.95. The molecule has 200 valence electrons. The zero-order chi connectivity index (χ0) is 38.2. The van der Waals surface area contributed by atoms with Crippen LogP contribution in [0.1, 0.15) is 73.9 Å². The Labute approximate surface area is 254 Å². The molecule has 0 bridgehead atoms. The van der Waals surface area contributed by atoms with Gasteiger partial charge >= 0.3 is 0 Å². The molecular formula is C20H52N4S8. The monoisotopic (exact) mass is 619 g/mol. The lowest BCUT2D eigenvalue weighted by molar-refractivity contribution is 1.11. The van der Waals surface area contributed by atoms with Crippen LogP contribution in [0.4, 0.5) is 0 Å². The van der Waals surface area contributed by atoms with E-state index in [0.717, 1.165) is 71.2 Å². The number of hydrogen-bond donors (Lipinski definition) is 4. The molecule has 4 nitrogen and oxygen atoms in total. The van der Waals surface area contributed by atoms with Crippen molar-refractivity contribution in [1.29, 1.82) is 0 Å². The van der Waals surface area contributed by atoms with Crippen LogP contribution in [0, 0.1) is 0 Å². The van der Waals surface area contributed by atoms with E-state index >= 15 is 0 Å². The van der Waals surface area contributed by atoms with Crippen molar-refractivity contribution in [3.8, 4) is 0 Å². The van der Waals surface area contributed by atoms with Crippen molar-refractivity contribution >= 4 is 86.4 Å². The lowest BCUT2D eigenvalue weighted by atomic mass is 10.6. The van der Waals surface area contributed by atoms with Gasteiger partial charge in [0.05, 0.1) is 0 Å². The highest BCUT2D eigenvalue weighted by atomic mass is 33.1. The molecule has 7 unspecified atom stereocenters. The van der Waals surface area contributed by atoms with Crippen LogP contribution in [0.25, 0.3) is 0 Å². The van der Waals surface area contributed by atoms with Gasteiger partial charge in [0.25, 0.3) is 0 Å². The van der Waals surface area contributed by atoms with Crippen molar-refractivity contribution < 1.29 is 20.6 Å². The highest BCUT2D eigenvalue weighted by Crippen LogP contribution is 2.21. The fraction of sp³-hybridized carbons (Fsp3) is 1.00. The third kappa shape index (κ3) is 63.7. The first-order valence-corrected chi connectivity index (χ1v) is 18.3. The molecule has 0 spiro atoms. The molecule has 32 heavy (non-hydrogen) atoms. The van der Waals surface area contributed by atoms with Crippen LogP contribution < -0.4 is 22.9 Å². The van der Waals surface area contributed by atoms with E-state index in [1.165, 1.54) is 21.6 Å². The molecule has 0 saturated heterocycles. The first-order chi connectivity index (χ1) is 21.2. The van der Waals surface area contributed by atoms with Gasteiger partial charge in [-0.25, -0.2) is 0 Å². The Bertz CT molecular complexity index is 740. The molecule has 7 atom stereocenters. The van der Waals surface area contributed by atoms with Crippen molar-refractivity contribution in [3.05, 3.63) is 0 Å². The van der Waals surface area contributed by atoms with Crippen LogP contribution in [0.3, 0.4) is 0 Å². The van der Waals surface area contributed by atoms with Crippen LogP contribution in [-0.2, 0) is 0 Å². The summed E-state index contributed by atoms with van der Waals surface area (Å²) in [6.07, 6.45) is -0.481. The third-order valence-corrected chi connectivity index (χ3v) is 8.85.